The first-order valence-electron chi connectivity index (χ1n) is 10.4. The predicted molar refractivity (Wildman–Crippen MR) is 122 cm³/mol. The Morgan fingerprint density at radius 2 is 2.00 bits per heavy atom. The predicted octanol–water partition coefficient (Wildman–Crippen LogP) is 4.78. The Hall–Kier alpha value is -3.52. The molecule has 1 saturated heterocycles. The van der Waals surface area contributed by atoms with Crippen molar-refractivity contribution in [1.29, 1.82) is 0 Å². The van der Waals surface area contributed by atoms with Crippen molar-refractivity contribution in [3.05, 3.63) is 100 Å². The molecule has 0 aromatic heterocycles. The van der Waals surface area contributed by atoms with Gasteiger partial charge in [-0.05, 0) is 66.6 Å². The van der Waals surface area contributed by atoms with Crippen LogP contribution in [0.15, 0.2) is 78.0 Å². The Bertz CT molecular complexity index is 1220. The van der Waals surface area contributed by atoms with E-state index in [1.54, 1.807) is 47.4 Å². The molecule has 0 bridgehead atoms. The van der Waals surface area contributed by atoms with E-state index >= 15 is 0 Å². The molecule has 1 atom stereocenters. The third-order valence-corrected chi connectivity index (χ3v) is 6.68. The molecule has 1 amide bonds. The minimum atomic E-state index is -0.488. The maximum atomic E-state index is 13.3. The molecule has 8 heteroatoms. The second kappa shape index (κ2) is 8.78. The first kappa shape index (κ1) is 21.3. The van der Waals surface area contributed by atoms with Crippen LogP contribution in [-0.4, -0.2) is 30.8 Å². The maximum absolute atomic E-state index is 13.3. The molecule has 0 radical (unpaired) electrons. The summed E-state index contributed by atoms with van der Waals surface area (Å²) in [5.74, 6) is 1.30. The lowest BCUT2D eigenvalue weighted by atomic mass is 10.1. The molecule has 1 fully saturated rings. The molecular formula is C25H20FNO5S. The van der Waals surface area contributed by atoms with Gasteiger partial charge in [0.2, 0.25) is 5.91 Å². The van der Waals surface area contributed by atoms with E-state index in [-0.39, 0.29) is 23.7 Å². The summed E-state index contributed by atoms with van der Waals surface area (Å²) >= 11 is 1.49. The number of benzene rings is 2. The van der Waals surface area contributed by atoms with Crippen LogP contribution in [0.25, 0.3) is 0 Å². The normalized spacial score (nSPS) is 19.2. The van der Waals surface area contributed by atoms with Crippen LogP contribution in [0, 0.1) is 12.7 Å². The molecule has 1 unspecified atom stereocenters. The van der Waals surface area contributed by atoms with Crippen LogP contribution < -0.4 is 4.90 Å². The molecule has 168 valence electrons. The molecular weight excluding hydrogens is 445 g/mol. The number of hydrogen-bond acceptors (Lipinski definition) is 6. The molecule has 3 aliphatic rings. The molecule has 6 nitrogen and oxygen atoms in total. The van der Waals surface area contributed by atoms with Gasteiger partial charge in [-0.25, -0.2) is 9.18 Å². The highest BCUT2D eigenvalue weighted by Gasteiger charge is 2.35. The number of esters is 1. The Balaban J connectivity index is 1.30. The van der Waals surface area contributed by atoms with Gasteiger partial charge in [-0.2, -0.15) is 0 Å². The average Bonchev–Trinajstić information content (AvgIpc) is 3.44. The van der Waals surface area contributed by atoms with E-state index in [2.05, 4.69) is 0 Å². The summed E-state index contributed by atoms with van der Waals surface area (Å²) < 4.78 is 29.8. The minimum absolute atomic E-state index is 0.00531. The third-order valence-electron chi connectivity index (χ3n) is 5.47. The lowest BCUT2D eigenvalue weighted by molar-refractivity contribution is -0.115. The van der Waals surface area contributed by atoms with Gasteiger partial charge in [0.05, 0.1) is 11.3 Å². The number of anilines is 1. The Morgan fingerprint density at radius 3 is 2.79 bits per heavy atom. The van der Waals surface area contributed by atoms with Gasteiger partial charge < -0.3 is 14.2 Å². The van der Waals surface area contributed by atoms with Crippen molar-refractivity contribution in [1.82, 2.24) is 0 Å². The highest BCUT2D eigenvalue weighted by Crippen LogP contribution is 2.43. The van der Waals surface area contributed by atoms with Crippen LogP contribution in [-0.2, 0) is 19.0 Å². The first-order valence-corrected chi connectivity index (χ1v) is 11.4. The van der Waals surface area contributed by atoms with E-state index in [0.29, 0.717) is 40.9 Å². The van der Waals surface area contributed by atoms with Crippen molar-refractivity contribution in [3.63, 3.8) is 0 Å². The fourth-order valence-electron chi connectivity index (χ4n) is 3.85. The number of carbonyl (C=O) groups excluding carboxylic acids is 2. The van der Waals surface area contributed by atoms with Crippen LogP contribution in [0.1, 0.15) is 26.9 Å². The fraction of sp³-hybridized carbons (Fsp3) is 0.200. The van der Waals surface area contributed by atoms with Crippen molar-refractivity contribution >= 4 is 29.3 Å². The van der Waals surface area contributed by atoms with Crippen molar-refractivity contribution in [2.75, 3.05) is 23.9 Å². The number of allylic oxidation sites excluding steroid dienone is 2. The van der Waals surface area contributed by atoms with Crippen molar-refractivity contribution < 1.29 is 28.2 Å². The zero-order valence-electron chi connectivity index (χ0n) is 17.7. The van der Waals surface area contributed by atoms with Gasteiger partial charge in [-0.15, -0.1) is 11.8 Å². The summed E-state index contributed by atoms with van der Waals surface area (Å²) in [5.41, 5.74) is 2.70. The van der Waals surface area contributed by atoms with E-state index in [1.807, 2.05) is 13.0 Å². The number of nitrogens with zero attached hydrogens (tertiary/aromatic N) is 1. The first-order chi connectivity index (χ1) is 16.0. The van der Waals surface area contributed by atoms with Crippen LogP contribution in [0.4, 0.5) is 10.1 Å². The lowest BCUT2D eigenvalue weighted by Gasteiger charge is -2.26. The third kappa shape index (κ3) is 4.26. The summed E-state index contributed by atoms with van der Waals surface area (Å²) in [7, 11) is 0. The van der Waals surface area contributed by atoms with Crippen molar-refractivity contribution in [2.24, 2.45) is 0 Å². The molecule has 2 aromatic rings. The summed E-state index contributed by atoms with van der Waals surface area (Å²) in [6.07, 6.45) is 5.32. The number of carbonyl (C=O) groups is 2. The van der Waals surface area contributed by atoms with Crippen LogP contribution in [0.3, 0.4) is 0 Å². The number of aryl methyl sites for hydroxylation is 1. The lowest BCUT2D eigenvalue weighted by Crippen LogP contribution is -2.28. The van der Waals surface area contributed by atoms with E-state index in [9.17, 15) is 14.0 Å². The molecule has 2 aromatic carbocycles. The highest BCUT2D eigenvalue weighted by molar-refractivity contribution is 8.00. The SMILES string of the molecule is Cc1cc(C(=O)OCC2=CC=C3OCC=C3O2)ccc1N1C(=O)CSC1c1ccc(F)cc1. The topological polar surface area (TPSA) is 65.1 Å². The van der Waals surface area contributed by atoms with Crippen LogP contribution >= 0.6 is 11.8 Å². The monoisotopic (exact) mass is 465 g/mol. The zero-order chi connectivity index (χ0) is 22.9. The number of fused-ring (bicyclic) bond motifs is 1. The second-order valence-corrected chi connectivity index (χ2v) is 8.77. The molecule has 0 aliphatic carbocycles. The maximum Gasteiger partial charge on any atom is 0.338 e. The van der Waals surface area contributed by atoms with E-state index in [1.165, 1.54) is 23.9 Å². The van der Waals surface area contributed by atoms with Crippen LogP contribution in [0.2, 0.25) is 0 Å². The highest BCUT2D eigenvalue weighted by atomic mass is 32.2. The molecule has 3 aliphatic heterocycles. The number of ether oxygens (including phenoxy) is 3. The Morgan fingerprint density at radius 1 is 1.18 bits per heavy atom. The number of halogens is 1. The molecule has 0 N–H and O–H groups in total. The molecule has 0 spiro atoms. The van der Waals surface area contributed by atoms with Gasteiger partial charge in [-0.1, -0.05) is 12.1 Å². The van der Waals surface area contributed by atoms with E-state index in [0.717, 1.165) is 11.1 Å². The number of amides is 1. The fourth-order valence-corrected chi connectivity index (χ4v) is 5.02. The Labute approximate surface area is 194 Å². The molecule has 5 rings (SSSR count). The summed E-state index contributed by atoms with van der Waals surface area (Å²) in [4.78, 5) is 27.0. The van der Waals surface area contributed by atoms with E-state index in [4.69, 9.17) is 14.2 Å². The van der Waals surface area contributed by atoms with Gasteiger partial charge in [0.1, 0.15) is 30.2 Å². The van der Waals surface area contributed by atoms with Gasteiger partial charge in [0.15, 0.2) is 11.5 Å². The van der Waals surface area contributed by atoms with Gasteiger partial charge in [-0.3, -0.25) is 9.69 Å². The van der Waals surface area contributed by atoms with Gasteiger partial charge >= 0.3 is 5.97 Å². The number of thioether (sulfide) groups is 1. The van der Waals surface area contributed by atoms with Crippen LogP contribution in [0.5, 0.6) is 0 Å². The Kier molecular flexibility index (Phi) is 5.68. The van der Waals surface area contributed by atoms with E-state index < -0.39 is 5.97 Å². The smallest absolute Gasteiger partial charge is 0.338 e. The van der Waals surface area contributed by atoms with Crippen molar-refractivity contribution in [2.45, 2.75) is 12.3 Å². The number of hydrogen-bond donors (Lipinski definition) is 0. The number of rotatable bonds is 5. The molecule has 0 saturated carbocycles. The quantitative estimate of drug-likeness (QED) is 0.592. The standard InChI is InChI=1S/C25H20FNO5S/c1-15-12-17(25(29)31-13-19-7-9-21-22(32-19)10-11-30-21)4-8-20(15)27-23(28)14-33-24(27)16-2-5-18(26)6-3-16/h2-10,12,24H,11,13-14H2,1H3. The zero-order valence-corrected chi connectivity index (χ0v) is 18.6. The summed E-state index contributed by atoms with van der Waals surface area (Å²) in [5, 5.41) is -0.253. The minimum Gasteiger partial charge on any atom is -0.485 e. The van der Waals surface area contributed by atoms with Gasteiger partial charge in [0.25, 0.3) is 0 Å². The van der Waals surface area contributed by atoms with Crippen molar-refractivity contribution in [3.8, 4) is 0 Å². The average molecular weight is 466 g/mol. The second-order valence-electron chi connectivity index (χ2n) is 7.70. The van der Waals surface area contributed by atoms with Gasteiger partial charge in [0, 0.05) is 5.69 Å². The largest absolute Gasteiger partial charge is 0.485 e. The molecule has 33 heavy (non-hydrogen) atoms. The summed E-state index contributed by atoms with van der Waals surface area (Å²) in [6.45, 7) is 2.30. The summed E-state index contributed by atoms with van der Waals surface area (Å²) in [6, 6.07) is 11.3. The molecule has 3 heterocycles.